The zero-order valence-electron chi connectivity index (χ0n) is 13.7. The number of hydrogen-bond acceptors (Lipinski definition) is 4. The lowest BCUT2D eigenvalue weighted by molar-refractivity contribution is -0.0767. The molecule has 0 amide bonds. The summed E-state index contributed by atoms with van der Waals surface area (Å²) in [6.07, 6.45) is 6.97. The summed E-state index contributed by atoms with van der Waals surface area (Å²) in [5.74, 6) is 0.547. The van der Waals surface area contributed by atoms with Gasteiger partial charge in [0.15, 0.2) is 0 Å². The first kappa shape index (κ1) is 15.5. The summed E-state index contributed by atoms with van der Waals surface area (Å²) < 4.78 is 19.1. The summed E-state index contributed by atoms with van der Waals surface area (Å²) in [5.41, 5.74) is 1.71. The Bertz CT molecular complexity index is 681. The fourth-order valence-electron chi connectivity index (χ4n) is 3.91. The number of halogens is 1. The average molecular weight is 327 g/mol. The van der Waals surface area contributed by atoms with Crippen LogP contribution in [0.3, 0.4) is 0 Å². The van der Waals surface area contributed by atoms with Gasteiger partial charge in [-0.05, 0) is 62.1 Å². The van der Waals surface area contributed by atoms with Crippen molar-refractivity contribution in [3.05, 3.63) is 42.2 Å². The molecule has 1 N–H and O–H groups in total. The Morgan fingerprint density at radius 3 is 2.54 bits per heavy atom. The third-order valence-corrected chi connectivity index (χ3v) is 5.16. The fourth-order valence-corrected chi connectivity index (χ4v) is 3.91. The van der Waals surface area contributed by atoms with Crippen LogP contribution in [0.1, 0.15) is 38.5 Å². The molecule has 1 saturated carbocycles. The Hall–Kier alpha value is -2.01. The van der Waals surface area contributed by atoms with Gasteiger partial charge in [-0.1, -0.05) is 12.8 Å². The maximum absolute atomic E-state index is 13.0. The van der Waals surface area contributed by atoms with Gasteiger partial charge in [0.1, 0.15) is 11.6 Å². The van der Waals surface area contributed by atoms with Crippen LogP contribution in [0.4, 0.5) is 10.2 Å². The van der Waals surface area contributed by atoms with Crippen LogP contribution in [0.15, 0.2) is 36.4 Å². The summed E-state index contributed by atoms with van der Waals surface area (Å²) in [6.45, 7) is 0.818. The van der Waals surface area contributed by atoms with Gasteiger partial charge in [0.05, 0.1) is 11.3 Å². The molecular weight excluding hydrogens is 305 g/mol. The van der Waals surface area contributed by atoms with Gasteiger partial charge in [-0.2, -0.15) is 0 Å². The van der Waals surface area contributed by atoms with Crippen LogP contribution >= 0.6 is 0 Å². The Kier molecular flexibility index (Phi) is 4.19. The van der Waals surface area contributed by atoms with Gasteiger partial charge >= 0.3 is 0 Å². The molecule has 5 heteroatoms. The lowest BCUT2D eigenvalue weighted by Gasteiger charge is -2.38. The van der Waals surface area contributed by atoms with Crippen molar-refractivity contribution in [2.75, 3.05) is 11.9 Å². The molecular formula is C19H22FN3O. The number of rotatable bonds is 3. The Morgan fingerprint density at radius 2 is 1.83 bits per heavy atom. The van der Waals surface area contributed by atoms with Crippen LogP contribution in [0, 0.1) is 5.82 Å². The van der Waals surface area contributed by atoms with Crippen LogP contribution in [0.25, 0.3) is 11.3 Å². The highest BCUT2D eigenvalue weighted by Gasteiger charge is 2.39. The molecule has 1 unspecified atom stereocenters. The molecule has 4 rings (SSSR count). The second-order valence-corrected chi connectivity index (χ2v) is 6.88. The minimum absolute atomic E-state index is 0.0946. The van der Waals surface area contributed by atoms with E-state index in [0.29, 0.717) is 6.04 Å². The van der Waals surface area contributed by atoms with Gasteiger partial charge in [-0.25, -0.2) is 4.39 Å². The van der Waals surface area contributed by atoms with Gasteiger partial charge in [0.2, 0.25) is 0 Å². The normalized spacial score (nSPS) is 22.6. The third kappa shape index (κ3) is 3.26. The first-order valence-electron chi connectivity index (χ1n) is 8.73. The first-order valence-corrected chi connectivity index (χ1v) is 8.73. The average Bonchev–Trinajstić information content (AvgIpc) is 3.04. The topological polar surface area (TPSA) is 47.0 Å². The lowest BCUT2D eigenvalue weighted by Crippen LogP contribution is -2.42. The number of nitrogens with one attached hydrogen (secondary N) is 1. The lowest BCUT2D eigenvalue weighted by atomic mass is 9.89. The van der Waals surface area contributed by atoms with Crippen LogP contribution in [0.5, 0.6) is 0 Å². The predicted molar refractivity (Wildman–Crippen MR) is 91.2 cm³/mol. The monoisotopic (exact) mass is 327 g/mol. The van der Waals surface area contributed by atoms with E-state index in [2.05, 4.69) is 15.5 Å². The molecule has 2 aromatic rings. The summed E-state index contributed by atoms with van der Waals surface area (Å²) in [5, 5.41) is 12.1. The number of benzene rings is 1. The van der Waals surface area contributed by atoms with Gasteiger partial charge in [-0.15, -0.1) is 10.2 Å². The number of nitrogens with zero attached hydrogens (tertiary/aromatic N) is 2. The van der Waals surface area contributed by atoms with E-state index in [-0.39, 0.29) is 11.4 Å². The Morgan fingerprint density at radius 1 is 1.04 bits per heavy atom. The molecule has 2 heterocycles. The van der Waals surface area contributed by atoms with E-state index < -0.39 is 0 Å². The third-order valence-electron chi connectivity index (χ3n) is 5.16. The molecule has 2 fully saturated rings. The SMILES string of the molecule is Fc1ccc(-c2ccc(NC3CCOC4(CCCC4)C3)nn2)cc1. The van der Waals surface area contributed by atoms with E-state index in [1.165, 1.54) is 37.8 Å². The van der Waals surface area contributed by atoms with Crippen molar-refractivity contribution in [3.63, 3.8) is 0 Å². The molecule has 0 radical (unpaired) electrons. The summed E-state index contributed by atoms with van der Waals surface area (Å²) >= 11 is 0. The van der Waals surface area contributed by atoms with E-state index in [9.17, 15) is 4.39 Å². The number of aromatic nitrogens is 2. The van der Waals surface area contributed by atoms with E-state index >= 15 is 0 Å². The van der Waals surface area contributed by atoms with Crippen molar-refractivity contribution < 1.29 is 9.13 Å². The molecule has 1 saturated heterocycles. The van der Waals surface area contributed by atoms with Crippen LogP contribution in [-0.2, 0) is 4.74 Å². The van der Waals surface area contributed by atoms with E-state index in [4.69, 9.17) is 4.74 Å². The highest BCUT2D eigenvalue weighted by atomic mass is 19.1. The van der Waals surface area contributed by atoms with Crippen LogP contribution in [-0.4, -0.2) is 28.4 Å². The smallest absolute Gasteiger partial charge is 0.148 e. The molecule has 1 aliphatic heterocycles. The van der Waals surface area contributed by atoms with Crippen molar-refractivity contribution in [2.24, 2.45) is 0 Å². The van der Waals surface area contributed by atoms with Crippen molar-refractivity contribution in [1.82, 2.24) is 10.2 Å². The Labute approximate surface area is 141 Å². The largest absolute Gasteiger partial charge is 0.375 e. The molecule has 2 aliphatic rings. The maximum Gasteiger partial charge on any atom is 0.148 e. The van der Waals surface area contributed by atoms with Gasteiger partial charge < -0.3 is 10.1 Å². The van der Waals surface area contributed by atoms with E-state index in [1.54, 1.807) is 12.1 Å². The Balaban J connectivity index is 1.42. The molecule has 24 heavy (non-hydrogen) atoms. The molecule has 126 valence electrons. The zero-order valence-corrected chi connectivity index (χ0v) is 13.7. The summed E-state index contributed by atoms with van der Waals surface area (Å²) in [6, 6.07) is 10.6. The second kappa shape index (κ2) is 6.48. The zero-order chi connectivity index (χ0) is 16.4. The number of anilines is 1. The van der Waals surface area contributed by atoms with Crippen LogP contribution < -0.4 is 5.32 Å². The predicted octanol–water partition coefficient (Wildman–Crippen LogP) is 4.19. The fraction of sp³-hybridized carbons (Fsp3) is 0.474. The molecule has 1 atom stereocenters. The van der Waals surface area contributed by atoms with Crippen molar-refractivity contribution in [2.45, 2.75) is 50.2 Å². The standard InChI is InChI=1S/C19H22FN3O/c20-15-5-3-14(4-6-15)17-7-8-18(23-22-17)21-16-9-12-24-19(13-16)10-1-2-11-19/h3-8,16H,1-2,9-13H2,(H,21,23). The minimum atomic E-state index is -0.245. The molecule has 1 spiro atoms. The second-order valence-electron chi connectivity index (χ2n) is 6.88. The summed E-state index contributed by atoms with van der Waals surface area (Å²) in [7, 11) is 0. The number of ether oxygens (including phenoxy) is 1. The molecule has 0 bridgehead atoms. The van der Waals surface area contributed by atoms with Crippen LogP contribution in [0.2, 0.25) is 0 Å². The van der Waals surface area contributed by atoms with Crippen molar-refractivity contribution in [1.29, 1.82) is 0 Å². The van der Waals surface area contributed by atoms with E-state index in [0.717, 1.165) is 36.5 Å². The highest BCUT2D eigenvalue weighted by molar-refractivity contribution is 5.59. The first-order chi connectivity index (χ1) is 11.7. The van der Waals surface area contributed by atoms with Gasteiger partial charge in [-0.3, -0.25) is 0 Å². The van der Waals surface area contributed by atoms with Crippen molar-refractivity contribution >= 4 is 5.82 Å². The number of hydrogen-bond donors (Lipinski definition) is 1. The molecule has 1 aromatic carbocycles. The molecule has 1 aliphatic carbocycles. The minimum Gasteiger partial charge on any atom is -0.375 e. The quantitative estimate of drug-likeness (QED) is 0.918. The maximum atomic E-state index is 13.0. The van der Waals surface area contributed by atoms with Gasteiger partial charge in [0.25, 0.3) is 0 Å². The highest BCUT2D eigenvalue weighted by Crippen LogP contribution is 2.40. The molecule has 4 nitrogen and oxygen atoms in total. The summed E-state index contributed by atoms with van der Waals surface area (Å²) in [4.78, 5) is 0. The van der Waals surface area contributed by atoms with Gasteiger partial charge in [0, 0.05) is 18.2 Å². The molecule has 1 aromatic heterocycles. The van der Waals surface area contributed by atoms with E-state index in [1.807, 2.05) is 12.1 Å². The van der Waals surface area contributed by atoms with Crippen molar-refractivity contribution in [3.8, 4) is 11.3 Å².